The lowest BCUT2D eigenvalue weighted by atomic mass is 10.2. The number of nitrogens with zero attached hydrogens (tertiary/aromatic N) is 3. The van der Waals surface area contributed by atoms with Crippen molar-refractivity contribution in [1.29, 1.82) is 5.26 Å². The first-order valence-corrected chi connectivity index (χ1v) is 5.58. The predicted molar refractivity (Wildman–Crippen MR) is 59.7 cm³/mol. The molecule has 1 atom stereocenters. The molecule has 5 nitrogen and oxygen atoms in total. The molecule has 0 radical (unpaired) electrons. The standard InChI is InChI=1S/C11H19N3O2/c1-10(3-4-12)13(2)9-11(15)14-5-7-16-8-6-14/h10H,3,5-9H2,1-2H3. The number of hydrogen-bond donors (Lipinski definition) is 0. The van der Waals surface area contributed by atoms with Gasteiger partial charge in [-0.3, -0.25) is 9.69 Å². The molecule has 1 saturated heterocycles. The Kier molecular flexibility index (Phi) is 5.23. The first kappa shape index (κ1) is 12.9. The topological polar surface area (TPSA) is 56.6 Å². The SMILES string of the molecule is CC(CC#N)N(C)CC(=O)N1CCOCC1. The van der Waals surface area contributed by atoms with Gasteiger partial charge in [-0.2, -0.15) is 5.26 Å². The van der Waals surface area contributed by atoms with E-state index in [9.17, 15) is 4.79 Å². The second kappa shape index (κ2) is 6.46. The number of hydrogen-bond acceptors (Lipinski definition) is 4. The van der Waals surface area contributed by atoms with Crippen LogP contribution < -0.4 is 0 Å². The minimum atomic E-state index is 0.120. The fourth-order valence-electron chi connectivity index (χ4n) is 1.57. The average molecular weight is 225 g/mol. The Morgan fingerprint density at radius 2 is 2.19 bits per heavy atom. The predicted octanol–water partition coefficient (Wildman–Crippen LogP) is 0.0792. The van der Waals surface area contributed by atoms with Crippen LogP contribution in [0.3, 0.4) is 0 Å². The van der Waals surface area contributed by atoms with Crippen LogP contribution in [0.15, 0.2) is 0 Å². The second-order valence-corrected chi connectivity index (χ2v) is 4.12. The molecule has 1 aliphatic heterocycles. The monoisotopic (exact) mass is 225 g/mol. The van der Waals surface area contributed by atoms with E-state index in [4.69, 9.17) is 10.00 Å². The van der Waals surface area contributed by atoms with Crippen molar-refractivity contribution in [1.82, 2.24) is 9.80 Å². The minimum Gasteiger partial charge on any atom is -0.378 e. The molecule has 0 spiro atoms. The smallest absolute Gasteiger partial charge is 0.236 e. The summed E-state index contributed by atoms with van der Waals surface area (Å²) < 4.78 is 5.19. The number of carbonyl (C=O) groups is 1. The van der Waals surface area contributed by atoms with Crippen molar-refractivity contribution < 1.29 is 9.53 Å². The molecule has 0 bridgehead atoms. The maximum atomic E-state index is 11.9. The lowest BCUT2D eigenvalue weighted by molar-refractivity contribution is -0.136. The second-order valence-electron chi connectivity index (χ2n) is 4.12. The van der Waals surface area contributed by atoms with Crippen molar-refractivity contribution in [2.24, 2.45) is 0 Å². The van der Waals surface area contributed by atoms with Crippen molar-refractivity contribution in [3.8, 4) is 6.07 Å². The number of rotatable bonds is 4. The summed E-state index contributed by atoms with van der Waals surface area (Å²) in [6.07, 6.45) is 0.451. The molecule has 5 heteroatoms. The number of morpholine rings is 1. The summed E-state index contributed by atoms with van der Waals surface area (Å²) in [6.45, 7) is 4.95. The third-order valence-electron chi connectivity index (χ3n) is 2.89. The van der Waals surface area contributed by atoms with E-state index in [1.165, 1.54) is 0 Å². The molecule has 1 rings (SSSR count). The Bertz CT molecular complexity index is 269. The number of carbonyl (C=O) groups excluding carboxylic acids is 1. The summed E-state index contributed by atoms with van der Waals surface area (Å²) in [6, 6.07) is 2.23. The zero-order chi connectivity index (χ0) is 12.0. The number of likely N-dealkylation sites (N-methyl/N-ethyl adjacent to an activating group) is 1. The molecule has 0 aromatic heterocycles. The maximum absolute atomic E-state index is 11.9. The first-order valence-electron chi connectivity index (χ1n) is 5.58. The van der Waals surface area contributed by atoms with Gasteiger partial charge in [-0.05, 0) is 14.0 Å². The molecule has 0 aliphatic carbocycles. The number of ether oxygens (including phenoxy) is 1. The van der Waals surface area contributed by atoms with Crippen molar-refractivity contribution in [2.45, 2.75) is 19.4 Å². The highest BCUT2D eigenvalue weighted by Gasteiger charge is 2.19. The molecule has 1 unspecified atom stereocenters. The molecule has 1 aliphatic rings. The van der Waals surface area contributed by atoms with Gasteiger partial charge in [0.05, 0.1) is 32.2 Å². The van der Waals surface area contributed by atoms with E-state index < -0.39 is 0 Å². The first-order chi connectivity index (χ1) is 7.65. The van der Waals surface area contributed by atoms with Gasteiger partial charge < -0.3 is 9.64 Å². The molecule has 1 fully saturated rings. The molecule has 0 N–H and O–H groups in total. The van der Waals surface area contributed by atoms with Crippen LogP contribution in [0.25, 0.3) is 0 Å². The van der Waals surface area contributed by atoms with Crippen molar-refractivity contribution in [3.63, 3.8) is 0 Å². The summed E-state index contributed by atoms with van der Waals surface area (Å²) in [5.41, 5.74) is 0. The van der Waals surface area contributed by atoms with E-state index in [0.29, 0.717) is 39.3 Å². The van der Waals surface area contributed by atoms with E-state index in [-0.39, 0.29) is 11.9 Å². The van der Waals surface area contributed by atoms with E-state index in [1.54, 1.807) is 0 Å². The fourth-order valence-corrected chi connectivity index (χ4v) is 1.57. The molecule has 1 amide bonds. The van der Waals surface area contributed by atoms with E-state index in [1.807, 2.05) is 23.8 Å². The van der Waals surface area contributed by atoms with Crippen molar-refractivity contribution in [3.05, 3.63) is 0 Å². The Morgan fingerprint density at radius 3 is 2.75 bits per heavy atom. The lowest BCUT2D eigenvalue weighted by Crippen LogP contribution is -2.46. The third-order valence-corrected chi connectivity index (χ3v) is 2.89. The van der Waals surface area contributed by atoms with Gasteiger partial charge in [0, 0.05) is 19.1 Å². The van der Waals surface area contributed by atoms with Crippen LogP contribution in [0, 0.1) is 11.3 Å². The van der Waals surface area contributed by atoms with E-state index in [0.717, 1.165) is 0 Å². The average Bonchev–Trinajstić information content (AvgIpc) is 2.30. The van der Waals surface area contributed by atoms with Crippen LogP contribution >= 0.6 is 0 Å². The summed E-state index contributed by atoms with van der Waals surface area (Å²) in [5.74, 6) is 0.121. The fraction of sp³-hybridized carbons (Fsp3) is 0.818. The Labute approximate surface area is 96.6 Å². The third kappa shape index (κ3) is 3.80. The molecule has 0 saturated carbocycles. The lowest BCUT2D eigenvalue weighted by Gasteiger charge is -2.30. The van der Waals surface area contributed by atoms with Crippen LogP contribution in [0.4, 0.5) is 0 Å². The van der Waals surface area contributed by atoms with E-state index in [2.05, 4.69) is 6.07 Å². The molecule has 16 heavy (non-hydrogen) atoms. The summed E-state index contributed by atoms with van der Waals surface area (Å²) in [5, 5.41) is 8.58. The van der Waals surface area contributed by atoms with Crippen LogP contribution in [0.2, 0.25) is 0 Å². The van der Waals surface area contributed by atoms with Crippen LogP contribution in [-0.2, 0) is 9.53 Å². The van der Waals surface area contributed by atoms with Gasteiger partial charge in [0.2, 0.25) is 5.91 Å². The molecular formula is C11H19N3O2. The quantitative estimate of drug-likeness (QED) is 0.680. The molecule has 1 heterocycles. The molecule has 90 valence electrons. The number of amides is 1. The van der Waals surface area contributed by atoms with Crippen LogP contribution in [0.1, 0.15) is 13.3 Å². The number of nitriles is 1. The summed E-state index contributed by atoms with van der Waals surface area (Å²) >= 11 is 0. The Hall–Kier alpha value is -1.12. The summed E-state index contributed by atoms with van der Waals surface area (Å²) in [4.78, 5) is 15.6. The van der Waals surface area contributed by atoms with Crippen LogP contribution in [-0.4, -0.2) is 61.6 Å². The molecule has 0 aromatic carbocycles. The highest BCUT2D eigenvalue weighted by atomic mass is 16.5. The van der Waals surface area contributed by atoms with Gasteiger partial charge in [0.25, 0.3) is 0 Å². The van der Waals surface area contributed by atoms with Gasteiger partial charge in [-0.15, -0.1) is 0 Å². The van der Waals surface area contributed by atoms with Gasteiger partial charge in [0.1, 0.15) is 0 Å². The van der Waals surface area contributed by atoms with Gasteiger partial charge in [0.15, 0.2) is 0 Å². The van der Waals surface area contributed by atoms with Crippen molar-refractivity contribution >= 4 is 5.91 Å². The Morgan fingerprint density at radius 1 is 1.56 bits per heavy atom. The molecule has 0 aromatic rings. The largest absolute Gasteiger partial charge is 0.378 e. The van der Waals surface area contributed by atoms with Gasteiger partial charge in [-0.25, -0.2) is 0 Å². The van der Waals surface area contributed by atoms with Gasteiger partial charge in [-0.1, -0.05) is 0 Å². The maximum Gasteiger partial charge on any atom is 0.236 e. The normalized spacial score (nSPS) is 18.2. The molecular weight excluding hydrogens is 206 g/mol. The van der Waals surface area contributed by atoms with E-state index >= 15 is 0 Å². The van der Waals surface area contributed by atoms with Gasteiger partial charge >= 0.3 is 0 Å². The summed E-state index contributed by atoms with van der Waals surface area (Å²) in [7, 11) is 1.88. The Balaban J connectivity index is 2.35. The van der Waals surface area contributed by atoms with Crippen molar-refractivity contribution in [2.75, 3.05) is 39.9 Å². The highest BCUT2D eigenvalue weighted by Crippen LogP contribution is 2.03. The zero-order valence-corrected chi connectivity index (χ0v) is 9.98. The highest BCUT2D eigenvalue weighted by molar-refractivity contribution is 5.78. The van der Waals surface area contributed by atoms with Crippen LogP contribution in [0.5, 0.6) is 0 Å². The zero-order valence-electron chi connectivity index (χ0n) is 9.98. The minimum absolute atomic E-state index is 0.120.